The van der Waals surface area contributed by atoms with Gasteiger partial charge in [-0.25, -0.2) is 0 Å². The van der Waals surface area contributed by atoms with Gasteiger partial charge in [0.05, 0.1) is 0 Å². The quantitative estimate of drug-likeness (QED) is 0.0981. The van der Waals surface area contributed by atoms with Crippen LogP contribution in [0, 0.1) is 6.92 Å². The molecule has 0 aliphatic carbocycles. The van der Waals surface area contributed by atoms with E-state index in [-0.39, 0.29) is 0 Å². The van der Waals surface area contributed by atoms with E-state index in [9.17, 15) is 0 Å². The van der Waals surface area contributed by atoms with Gasteiger partial charge in [-0.1, -0.05) is 176 Å². The molecule has 52 heavy (non-hydrogen) atoms. The van der Waals surface area contributed by atoms with Crippen molar-refractivity contribution in [1.29, 1.82) is 0 Å². The average Bonchev–Trinajstić information content (AvgIpc) is 3.18. The van der Waals surface area contributed by atoms with E-state index in [4.69, 9.17) is 24.4 Å². The van der Waals surface area contributed by atoms with Gasteiger partial charge >= 0.3 is 0 Å². The van der Waals surface area contributed by atoms with Gasteiger partial charge < -0.3 is 9.80 Å². The van der Waals surface area contributed by atoms with Crippen LogP contribution in [0.3, 0.4) is 0 Å². The summed E-state index contributed by atoms with van der Waals surface area (Å²) in [6.07, 6.45) is 9.34. The standard InChI is InChI=1S/C28H38N2S4.C18H20/c1-6-22-11-13-23(14-12-22)17-20-26(34-28(32)30(9-4)10-5)25-18-15-24(16-19-25)21-33-27(31)29(7-2)8-3;1-3-16-11-13-18(14-12-16)6-4-5-17-9-7-15(2)8-10-17/h6,11-16,18-19,26H,1,7-10,17,20-21H2,2-5H3;3,7-14H,1,4-6H2,2H3. The molecule has 6 heteroatoms. The predicted octanol–water partition coefficient (Wildman–Crippen LogP) is 13.0. The van der Waals surface area contributed by atoms with Gasteiger partial charge in [-0.3, -0.25) is 0 Å². The molecular weight excluding hydrogens is 709 g/mol. The Labute approximate surface area is 335 Å². The first-order chi connectivity index (χ1) is 25.2. The molecule has 0 spiro atoms. The summed E-state index contributed by atoms with van der Waals surface area (Å²) in [5.74, 6) is 0.904. The third-order valence-corrected chi connectivity index (χ3v) is 12.6. The minimum Gasteiger partial charge on any atom is -0.358 e. The molecule has 0 aliphatic rings. The number of thiocarbonyl (C=S) groups is 2. The average molecular weight is 767 g/mol. The molecule has 276 valence electrons. The molecule has 0 aromatic heterocycles. The maximum absolute atomic E-state index is 5.81. The lowest BCUT2D eigenvalue weighted by Gasteiger charge is -2.25. The van der Waals surface area contributed by atoms with Gasteiger partial charge in [0.25, 0.3) is 0 Å². The summed E-state index contributed by atoms with van der Waals surface area (Å²) in [5, 5.41) is 0.325. The van der Waals surface area contributed by atoms with E-state index in [1.165, 1.54) is 45.4 Å². The molecule has 4 aromatic carbocycles. The number of benzene rings is 4. The molecule has 0 fully saturated rings. The second-order valence-corrected chi connectivity index (χ2v) is 16.2. The molecule has 0 radical (unpaired) electrons. The Morgan fingerprint density at radius 2 is 1.02 bits per heavy atom. The summed E-state index contributed by atoms with van der Waals surface area (Å²) in [6.45, 7) is 22.2. The van der Waals surface area contributed by atoms with Crippen molar-refractivity contribution >= 4 is 68.8 Å². The highest BCUT2D eigenvalue weighted by atomic mass is 32.2. The third-order valence-electron chi connectivity index (χ3n) is 9.18. The molecule has 1 atom stereocenters. The van der Waals surface area contributed by atoms with Gasteiger partial charge in [-0.05, 0) is 106 Å². The summed E-state index contributed by atoms with van der Waals surface area (Å²) >= 11 is 15.0. The van der Waals surface area contributed by atoms with Crippen molar-refractivity contribution in [3.63, 3.8) is 0 Å². The first-order valence-corrected chi connectivity index (χ1v) is 21.4. The predicted molar refractivity (Wildman–Crippen MR) is 244 cm³/mol. The SMILES string of the molecule is C=Cc1ccc(CCC(SC(=S)N(CC)CC)c2ccc(CSC(=S)N(CC)CC)cc2)cc1.C=Cc1ccc(CCCc2ccc(C)cc2)cc1. The number of thioether (sulfide) groups is 2. The van der Waals surface area contributed by atoms with Gasteiger partial charge in [-0.15, -0.1) is 0 Å². The summed E-state index contributed by atoms with van der Waals surface area (Å²) in [4.78, 5) is 4.50. The van der Waals surface area contributed by atoms with Crippen molar-refractivity contribution in [1.82, 2.24) is 9.80 Å². The van der Waals surface area contributed by atoms with Crippen LogP contribution in [-0.2, 0) is 25.0 Å². The molecule has 0 N–H and O–H groups in total. The van der Waals surface area contributed by atoms with E-state index >= 15 is 0 Å². The van der Waals surface area contributed by atoms with Crippen molar-refractivity contribution in [3.8, 4) is 0 Å². The van der Waals surface area contributed by atoms with E-state index in [1.54, 1.807) is 11.8 Å². The maximum Gasteiger partial charge on any atom is 0.136 e. The molecule has 1 unspecified atom stereocenters. The van der Waals surface area contributed by atoms with Crippen molar-refractivity contribution in [3.05, 3.63) is 155 Å². The zero-order valence-electron chi connectivity index (χ0n) is 32.0. The Morgan fingerprint density at radius 1 is 0.596 bits per heavy atom. The molecular formula is C46H58N2S4. The van der Waals surface area contributed by atoms with Crippen LogP contribution in [0.4, 0.5) is 0 Å². The number of hydrogen-bond donors (Lipinski definition) is 0. The summed E-state index contributed by atoms with van der Waals surface area (Å²) in [6, 6.07) is 35.3. The number of aryl methyl sites for hydroxylation is 4. The molecule has 2 nitrogen and oxygen atoms in total. The minimum atomic E-state index is 0.325. The van der Waals surface area contributed by atoms with Gasteiger partial charge in [0.15, 0.2) is 0 Å². The monoisotopic (exact) mass is 766 g/mol. The van der Waals surface area contributed by atoms with Crippen LogP contribution in [0.5, 0.6) is 0 Å². The Morgan fingerprint density at radius 3 is 1.48 bits per heavy atom. The van der Waals surface area contributed by atoms with E-state index in [1.807, 2.05) is 23.9 Å². The molecule has 0 heterocycles. The van der Waals surface area contributed by atoms with E-state index in [0.29, 0.717) is 5.25 Å². The fraction of sp³-hybridized carbons (Fsp3) is 0.348. The molecule has 0 saturated carbocycles. The molecule has 0 bridgehead atoms. The Kier molecular flexibility index (Phi) is 20.1. The first kappa shape index (κ1) is 43.2. The van der Waals surface area contributed by atoms with Crippen molar-refractivity contribution in [2.24, 2.45) is 0 Å². The molecule has 0 aliphatic heterocycles. The molecule has 4 rings (SSSR count). The minimum absolute atomic E-state index is 0.325. The largest absolute Gasteiger partial charge is 0.358 e. The van der Waals surface area contributed by atoms with Crippen LogP contribution >= 0.6 is 48.0 Å². The Hall–Kier alpha value is -3.16. The lowest BCUT2D eigenvalue weighted by atomic mass is 10.0. The van der Waals surface area contributed by atoms with Crippen LogP contribution in [0.25, 0.3) is 12.2 Å². The van der Waals surface area contributed by atoms with Crippen LogP contribution in [0.15, 0.2) is 110 Å². The van der Waals surface area contributed by atoms with Gasteiger partial charge in [0.1, 0.15) is 8.64 Å². The van der Waals surface area contributed by atoms with E-state index in [0.717, 1.165) is 71.8 Å². The van der Waals surface area contributed by atoms with Gasteiger partial charge in [0.2, 0.25) is 0 Å². The van der Waals surface area contributed by atoms with Gasteiger partial charge in [0, 0.05) is 37.2 Å². The van der Waals surface area contributed by atoms with Crippen LogP contribution in [0.2, 0.25) is 0 Å². The van der Waals surface area contributed by atoms with Crippen LogP contribution < -0.4 is 0 Å². The zero-order chi connectivity index (χ0) is 37.7. The number of nitrogens with zero attached hydrogens (tertiary/aromatic N) is 2. The summed E-state index contributed by atoms with van der Waals surface area (Å²) < 4.78 is 1.97. The highest BCUT2D eigenvalue weighted by Gasteiger charge is 2.18. The fourth-order valence-corrected chi connectivity index (χ4v) is 8.85. The Bertz CT molecular complexity index is 1640. The number of hydrogen-bond acceptors (Lipinski definition) is 4. The highest BCUT2D eigenvalue weighted by Crippen LogP contribution is 2.36. The van der Waals surface area contributed by atoms with Crippen LogP contribution in [0.1, 0.15) is 90.3 Å². The lowest BCUT2D eigenvalue weighted by molar-refractivity contribution is 0.482. The second-order valence-electron chi connectivity index (χ2n) is 12.8. The normalized spacial score (nSPS) is 11.2. The van der Waals surface area contributed by atoms with E-state index in [2.05, 4.69) is 155 Å². The van der Waals surface area contributed by atoms with Crippen LogP contribution in [-0.4, -0.2) is 44.6 Å². The van der Waals surface area contributed by atoms with Crippen molar-refractivity contribution in [2.75, 3.05) is 26.2 Å². The second kappa shape index (κ2) is 24.2. The molecule has 0 amide bonds. The van der Waals surface area contributed by atoms with Crippen molar-refractivity contribution in [2.45, 2.75) is 77.7 Å². The highest BCUT2D eigenvalue weighted by molar-refractivity contribution is 8.23. The molecule has 4 aromatic rings. The zero-order valence-corrected chi connectivity index (χ0v) is 35.2. The maximum atomic E-state index is 5.81. The summed E-state index contributed by atoms with van der Waals surface area (Å²) in [7, 11) is 0. The third kappa shape index (κ3) is 15.1. The fourth-order valence-electron chi connectivity index (χ4n) is 5.71. The lowest BCUT2D eigenvalue weighted by Crippen LogP contribution is -2.27. The van der Waals surface area contributed by atoms with Crippen molar-refractivity contribution < 1.29 is 0 Å². The van der Waals surface area contributed by atoms with Gasteiger partial charge in [-0.2, -0.15) is 0 Å². The smallest absolute Gasteiger partial charge is 0.136 e. The Balaban J connectivity index is 0.000000338. The summed E-state index contributed by atoms with van der Waals surface area (Å²) in [5.41, 5.74) is 10.5. The van der Waals surface area contributed by atoms with E-state index < -0.39 is 0 Å². The number of rotatable bonds is 17. The molecule has 0 saturated heterocycles. The topological polar surface area (TPSA) is 6.48 Å². The first-order valence-electron chi connectivity index (χ1n) is 18.7.